The molecule has 0 fully saturated rings. The zero-order valence-electron chi connectivity index (χ0n) is 14.7. The highest BCUT2D eigenvalue weighted by Gasteiger charge is 2.17. The fraction of sp³-hybridized carbons (Fsp3) is 0.100. The Hall–Kier alpha value is -3.45. The molecule has 0 unspecified atom stereocenters. The van der Waals surface area contributed by atoms with Crippen LogP contribution in [-0.4, -0.2) is 21.2 Å². The molecular formula is C20H17ClN4O3. The molecule has 2 aromatic carbocycles. The van der Waals surface area contributed by atoms with Crippen LogP contribution in [-0.2, 0) is 17.8 Å². The lowest BCUT2D eigenvalue weighted by Crippen LogP contribution is -2.02. The van der Waals surface area contributed by atoms with Crippen LogP contribution in [0.5, 0.6) is 5.75 Å². The van der Waals surface area contributed by atoms with Crippen molar-refractivity contribution >= 4 is 46.0 Å². The number of anilines is 5. The Morgan fingerprint density at radius 1 is 1.11 bits per heavy atom. The minimum Gasteiger partial charge on any atom is -0.507 e. The first-order valence-corrected chi connectivity index (χ1v) is 8.96. The summed E-state index contributed by atoms with van der Waals surface area (Å²) in [6.45, 7) is 0.402. The number of aliphatic carboxylic acids is 1. The first kappa shape index (κ1) is 17.9. The Balaban J connectivity index is 1.65. The number of carboxylic acids is 1. The highest BCUT2D eigenvalue weighted by molar-refractivity contribution is 6.29. The number of fused-ring (bicyclic) bond motifs is 2. The van der Waals surface area contributed by atoms with E-state index in [-0.39, 0.29) is 12.2 Å². The van der Waals surface area contributed by atoms with Crippen LogP contribution in [0.15, 0.2) is 48.7 Å². The van der Waals surface area contributed by atoms with Gasteiger partial charge in [-0.1, -0.05) is 17.7 Å². The van der Waals surface area contributed by atoms with Crippen LogP contribution in [0.2, 0.25) is 5.15 Å². The Morgan fingerprint density at radius 2 is 1.96 bits per heavy atom. The van der Waals surface area contributed by atoms with Crippen molar-refractivity contribution in [2.24, 2.45) is 0 Å². The molecule has 28 heavy (non-hydrogen) atoms. The number of benzene rings is 2. The lowest BCUT2D eigenvalue weighted by Gasteiger charge is -2.14. The van der Waals surface area contributed by atoms with E-state index in [0.29, 0.717) is 28.5 Å². The van der Waals surface area contributed by atoms with Crippen molar-refractivity contribution in [2.75, 3.05) is 16.0 Å². The van der Waals surface area contributed by atoms with Gasteiger partial charge in [0.15, 0.2) is 0 Å². The summed E-state index contributed by atoms with van der Waals surface area (Å²) < 4.78 is 0. The smallest absolute Gasteiger partial charge is 0.307 e. The second-order valence-electron chi connectivity index (χ2n) is 6.44. The number of pyridine rings is 1. The molecule has 0 amide bonds. The zero-order valence-corrected chi connectivity index (χ0v) is 15.4. The van der Waals surface area contributed by atoms with Crippen molar-refractivity contribution in [2.45, 2.75) is 13.0 Å². The number of halogens is 1. The topological polar surface area (TPSA) is 107 Å². The van der Waals surface area contributed by atoms with E-state index < -0.39 is 5.97 Å². The number of carboxylic acid groups (broad SMARTS) is 1. The Bertz CT molecular complexity index is 1070. The number of hydrogen-bond acceptors (Lipinski definition) is 6. The van der Waals surface area contributed by atoms with Gasteiger partial charge in [-0.05, 0) is 35.9 Å². The van der Waals surface area contributed by atoms with E-state index in [1.807, 2.05) is 12.1 Å². The number of aromatic nitrogens is 1. The minimum atomic E-state index is -0.880. The quantitative estimate of drug-likeness (QED) is 0.414. The maximum Gasteiger partial charge on any atom is 0.307 e. The monoisotopic (exact) mass is 396 g/mol. The van der Waals surface area contributed by atoms with Gasteiger partial charge in [-0.25, -0.2) is 4.98 Å². The maximum atomic E-state index is 10.9. The first-order valence-electron chi connectivity index (χ1n) is 8.58. The molecule has 1 aliphatic heterocycles. The summed E-state index contributed by atoms with van der Waals surface area (Å²) in [4.78, 5) is 14.9. The van der Waals surface area contributed by atoms with Crippen molar-refractivity contribution in [3.05, 3.63) is 64.9 Å². The van der Waals surface area contributed by atoms with Crippen molar-refractivity contribution in [3.8, 4) is 5.75 Å². The molecule has 0 aliphatic carbocycles. The Labute approximate surface area is 166 Å². The largest absolute Gasteiger partial charge is 0.507 e. The number of carbonyl (C=O) groups is 1. The number of aromatic hydroxyl groups is 1. The fourth-order valence-electron chi connectivity index (χ4n) is 3.13. The molecule has 0 bridgehead atoms. The number of phenols is 1. The van der Waals surface area contributed by atoms with Crippen LogP contribution in [0.4, 0.5) is 28.4 Å². The SMILES string of the molecule is O=C(O)Cc1ccc2c(c1)NCc1c(O)cc(Nc3ccnc(Cl)c3)cc1N2. The molecule has 3 aromatic rings. The normalized spacial score (nSPS) is 12.0. The van der Waals surface area contributed by atoms with E-state index in [1.165, 1.54) is 0 Å². The van der Waals surface area contributed by atoms with Gasteiger partial charge in [0, 0.05) is 41.4 Å². The lowest BCUT2D eigenvalue weighted by molar-refractivity contribution is -0.136. The van der Waals surface area contributed by atoms with E-state index >= 15 is 0 Å². The number of rotatable bonds is 4. The van der Waals surface area contributed by atoms with Crippen molar-refractivity contribution in [1.82, 2.24) is 4.98 Å². The van der Waals surface area contributed by atoms with Gasteiger partial charge in [0.1, 0.15) is 10.9 Å². The van der Waals surface area contributed by atoms with Crippen molar-refractivity contribution in [3.63, 3.8) is 0 Å². The standard InChI is InChI=1S/C20H17ClN4O3/c21-19-9-12(3-4-22-19)24-13-7-16-14(18(26)8-13)10-23-17-5-11(6-20(27)28)1-2-15(17)25-16/h1-5,7-9,23,25-26H,6,10H2,(H,22,24)(H,27,28). The zero-order chi connectivity index (χ0) is 19.7. The summed E-state index contributed by atoms with van der Waals surface area (Å²) in [5.74, 6) is -0.742. The van der Waals surface area contributed by atoms with Crippen LogP contribution < -0.4 is 16.0 Å². The van der Waals surface area contributed by atoms with Gasteiger partial charge < -0.3 is 26.2 Å². The van der Waals surface area contributed by atoms with Gasteiger partial charge in [0.25, 0.3) is 0 Å². The molecule has 5 N–H and O–H groups in total. The molecule has 1 aliphatic rings. The predicted octanol–water partition coefficient (Wildman–Crippen LogP) is 4.48. The van der Waals surface area contributed by atoms with E-state index in [1.54, 1.807) is 36.5 Å². The molecule has 2 heterocycles. The molecule has 4 rings (SSSR count). The van der Waals surface area contributed by atoms with E-state index in [0.717, 1.165) is 22.7 Å². The van der Waals surface area contributed by atoms with Gasteiger partial charge in [0.2, 0.25) is 0 Å². The molecule has 7 nitrogen and oxygen atoms in total. The summed E-state index contributed by atoms with van der Waals surface area (Å²) in [6.07, 6.45) is 1.55. The third kappa shape index (κ3) is 3.79. The van der Waals surface area contributed by atoms with E-state index in [4.69, 9.17) is 16.7 Å². The van der Waals surface area contributed by atoms with Crippen LogP contribution in [0.3, 0.4) is 0 Å². The third-order valence-corrected chi connectivity index (χ3v) is 4.61. The Morgan fingerprint density at radius 3 is 2.75 bits per heavy atom. The molecule has 0 atom stereocenters. The van der Waals surface area contributed by atoms with Gasteiger partial charge in [-0.3, -0.25) is 4.79 Å². The molecule has 1 aromatic heterocycles. The summed E-state index contributed by atoms with van der Waals surface area (Å²) in [5.41, 5.74) is 5.20. The van der Waals surface area contributed by atoms with Gasteiger partial charge >= 0.3 is 5.97 Å². The minimum absolute atomic E-state index is 0.0459. The second kappa shape index (κ2) is 7.28. The lowest BCUT2D eigenvalue weighted by atomic mass is 10.1. The average molecular weight is 397 g/mol. The fourth-order valence-corrected chi connectivity index (χ4v) is 3.31. The molecule has 0 radical (unpaired) electrons. The van der Waals surface area contributed by atoms with Crippen molar-refractivity contribution < 1.29 is 15.0 Å². The molecular weight excluding hydrogens is 380 g/mol. The molecule has 142 valence electrons. The molecule has 0 saturated heterocycles. The second-order valence-corrected chi connectivity index (χ2v) is 6.83. The maximum absolute atomic E-state index is 10.9. The Kier molecular flexibility index (Phi) is 4.67. The first-order chi connectivity index (χ1) is 13.5. The van der Waals surface area contributed by atoms with Gasteiger partial charge in [-0.2, -0.15) is 0 Å². The van der Waals surface area contributed by atoms with Gasteiger partial charge in [-0.15, -0.1) is 0 Å². The average Bonchev–Trinajstić information content (AvgIpc) is 2.80. The number of nitrogens with one attached hydrogen (secondary N) is 3. The number of hydrogen-bond donors (Lipinski definition) is 5. The molecule has 0 spiro atoms. The van der Waals surface area contributed by atoms with Crippen molar-refractivity contribution in [1.29, 1.82) is 0 Å². The summed E-state index contributed by atoms with van der Waals surface area (Å²) in [5, 5.41) is 29.6. The number of nitrogens with zero attached hydrogens (tertiary/aromatic N) is 1. The number of phenolic OH excluding ortho intramolecular Hbond substituents is 1. The predicted molar refractivity (Wildman–Crippen MR) is 109 cm³/mol. The van der Waals surface area contributed by atoms with Crippen LogP contribution in [0.25, 0.3) is 0 Å². The van der Waals surface area contributed by atoms with Gasteiger partial charge in [0.05, 0.1) is 17.8 Å². The highest BCUT2D eigenvalue weighted by Crippen LogP contribution is 2.39. The van der Waals surface area contributed by atoms with Crippen LogP contribution >= 0.6 is 11.6 Å². The summed E-state index contributed by atoms with van der Waals surface area (Å²) in [7, 11) is 0. The van der Waals surface area contributed by atoms with E-state index in [2.05, 4.69) is 20.9 Å². The van der Waals surface area contributed by atoms with E-state index in [9.17, 15) is 9.90 Å². The molecule has 0 saturated carbocycles. The third-order valence-electron chi connectivity index (χ3n) is 4.41. The summed E-state index contributed by atoms with van der Waals surface area (Å²) in [6, 6.07) is 12.4. The molecule has 8 heteroatoms. The highest BCUT2D eigenvalue weighted by atomic mass is 35.5. The van der Waals surface area contributed by atoms with Crippen LogP contribution in [0, 0.1) is 0 Å². The summed E-state index contributed by atoms with van der Waals surface area (Å²) >= 11 is 5.92. The van der Waals surface area contributed by atoms with Crippen LogP contribution in [0.1, 0.15) is 11.1 Å².